The molecular formula is C47H69N5O5. The number of oxazole rings is 1. The van der Waals surface area contributed by atoms with Crippen LogP contribution < -0.4 is 9.47 Å². The number of ether oxygens (including phenoxy) is 3. The second-order valence-electron chi connectivity index (χ2n) is 17.2. The quantitative estimate of drug-likeness (QED) is 0.145. The van der Waals surface area contributed by atoms with Crippen LogP contribution in [-0.4, -0.2) is 129 Å². The molecule has 0 spiro atoms. The number of nitrogens with zero attached hydrogens (tertiary/aromatic N) is 5. The van der Waals surface area contributed by atoms with Gasteiger partial charge in [-0.2, -0.15) is 0 Å². The Morgan fingerprint density at radius 2 is 1.19 bits per heavy atom. The van der Waals surface area contributed by atoms with Crippen molar-refractivity contribution in [2.24, 2.45) is 0 Å². The van der Waals surface area contributed by atoms with Gasteiger partial charge < -0.3 is 33.3 Å². The van der Waals surface area contributed by atoms with Gasteiger partial charge in [-0.05, 0) is 126 Å². The molecule has 4 aliphatic heterocycles. The molecule has 3 aromatic rings. The summed E-state index contributed by atoms with van der Waals surface area (Å²) in [6, 6.07) is 17.5. The fraction of sp³-hybridized carbons (Fsp3) is 0.660. The molecule has 1 saturated carbocycles. The van der Waals surface area contributed by atoms with Gasteiger partial charge in [-0.25, -0.2) is 4.98 Å². The average Bonchev–Trinajstić information content (AvgIpc) is 4.09. The Bertz CT molecular complexity index is 1580. The summed E-state index contributed by atoms with van der Waals surface area (Å²) in [7, 11) is 0. The summed E-state index contributed by atoms with van der Waals surface area (Å²) in [5.74, 6) is 3.09. The molecule has 0 bridgehead atoms. The molecule has 0 unspecified atom stereocenters. The maximum Gasteiger partial charge on any atom is 0.219 e. The normalized spacial score (nSPS) is 21.5. The third-order valence-electron chi connectivity index (χ3n) is 13.5. The summed E-state index contributed by atoms with van der Waals surface area (Å²) < 4.78 is 23.3. The lowest BCUT2D eigenvalue weighted by Crippen LogP contribution is -2.52. The first-order valence-corrected chi connectivity index (χ1v) is 22.4. The highest BCUT2D eigenvalue weighted by molar-refractivity contribution is 5.73. The van der Waals surface area contributed by atoms with E-state index in [1.807, 2.05) is 11.1 Å². The van der Waals surface area contributed by atoms with Gasteiger partial charge >= 0.3 is 0 Å². The van der Waals surface area contributed by atoms with E-state index in [4.69, 9.17) is 18.6 Å². The number of carbonyl (C=O) groups is 1. The van der Waals surface area contributed by atoms with Gasteiger partial charge in [0.1, 0.15) is 17.3 Å². The topological polar surface area (TPSA) is 83.8 Å². The van der Waals surface area contributed by atoms with Crippen molar-refractivity contribution < 1.29 is 23.4 Å². The molecule has 2 aromatic carbocycles. The average molecular weight is 784 g/mol. The zero-order chi connectivity index (χ0) is 39.2. The highest BCUT2D eigenvalue weighted by atomic mass is 16.5. The van der Waals surface area contributed by atoms with E-state index in [0.29, 0.717) is 0 Å². The predicted molar refractivity (Wildman–Crippen MR) is 225 cm³/mol. The zero-order valence-electron chi connectivity index (χ0n) is 34.8. The van der Waals surface area contributed by atoms with Crippen molar-refractivity contribution in [3.63, 3.8) is 0 Å². The predicted octanol–water partition coefficient (Wildman–Crippen LogP) is 7.55. The standard InChI is InChI=1S/C26H41N3O2.C21H28N2O3/c1-23(30)29-19-17-28(18-20-29)22-26(12-3-2-4-13-26)24-8-10-25(11-9-24)31-21-7-16-27-14-5-6-15-27;1-2-11-23(10-1)12-3-13-25-19-6-4-18(5-7-19)21(8-14-24-15-9-21)20-16-22-17-26-20/h8-11H,2-7,12-22H2,1H3;4-7,16-17H,1-3,8-15H2. The number of aromatic nitrogens is 1. The maximum absolute atomic E-state index is 11.7. The van der Waals surface area contributed by atoms with E-state index in [2.05, 4.69) is 68.2 Å². The number of amides is 1. The lowest BCUT2D eigenvalue weighted by molar-refractivity contribution is -0.130. The summed E-state index contributed by atoms with van der Waals surface area (Å²) in [4.78, 5) is 25.5. The van der Waals surface area contributed by atoms with Gasteiger partial charge in [0.25, 0.3) is 0 Å². The Labute approximate surface area is 342 Å². The first-order valence-electron chi connectivity index (χ1n) is 22.4. The monoisotopic (exact) mass is 784 g/mol. The number of likely N-dealkylation sites (tertiary alicyclic amines) is 2. The van der Waals surface area contributed by atoms with Gasteiger partial charge in [-0.1, -0.05) is 43.5 Å². The van der Waals surface area contributed by atoms with Gasteiger partial charge in [-0.15, -0.1) is 0 Å². The van der Waals surface area contributed by atoms with Gasteiger partial charge in [-0.3, -0.25) is 9.69 Å². The molecule has 4 saturated heterocycles. The van der Waals surface area contributed by atoms with Crippen molar-refractivity contribution >= 4 is 5.91 Å². The van der Waals surface area contributed by atoms with Crippen molar-refractivity contribution in [3.05, 3.63) is 78.0 Å². The molecule has 1 aliphatic carbocycles. The molecule has 0 N–H and O–H groups in total. The van der Waals surface area contributed by atoms with Crippen LogP contribution in [0.4, 0.5) is 0 Å². The molecule has 312 valence electrons. The lowest BCUT2D eigenvalue weighted by atomic mass is 9.69. The van der Waals surface area contributed by atoms with E-state index in [1.165, 1.54) is 101 Å². The molecule has 1 amide bonds. The molecule has 10 nitrogen and oxygen atoms in total. The van der Waals surface area contributed by atoms with Gasteiger partial charge in [0, 0.05) is 71.4 Å². The van der Waals surface area contributed by atoms with Crippen LogP contribution in [0.25, 0.3) is 0 Å². The van der Waals surface area contributed by atoms with E-state index in [9.17, 15) is 4.79 Å². The molecule has 5 heterocycles. The van der Waals surface area contributed by atoms with Gasteiger partial charge in [0.2, 0.25) is 5.91 Å². The van der Waals surface area contributed by atoms with Crippen LogP contribution in [0.1, 0.15) is 107 Å². The second-order valence-corrected chi connectivity index (χ2v) is 17.2. The first kappa shape index (κ1) is 41.7. The molecular weight excluding hydrogens is 715 g/mol. The number of carbonyl (C=O) groups excluding carboxylic acids is 1. The molecule has 0 atom stereocenters. The first-order chi connectivity index (χ1) is 28.0. The van der Waals surface area contributed by atoms with Gasteiger partial charge in [0.15, 0.2) is 6.39 Å². The highest BCUT2D eigenvalue weighted by Gasteiger charge is 2.39. The summed E-state index contributed by atoms with van der Waals surface area (Å²) >= 11 is 0. The third-order valence-corrected chi connectivity index (χ3v) is 13.5. The highest BCUT2D eigenvalue weighted by Crippen LogP contribution is 2.42. The van der Waals surface area contributed by atoms with Crippen LogP contribution in [0, 0.1) is 0 Å². The van der Waals surface area contributed by atoms with Crippen molar-refractivity contribution in [2.45, 2.75) is 101 Å². The van der Waals surface area contributed by atoms with E-state index in [0.717, 1.165) is 115 Å². The van der Waals surface area contributed by atoms with Crippen LogP contribution in [0.2, 0.25) is 0 Å². The minimum Gasteiger partial charge on any atom is -0.494 e. The number of hydrogen-bond donors (Lipinski definition) is 0. The van der Waals surface area contributed by atoms with Crippen molar-refractivity contribution in [3.8, 4) is 11.5 Å². The largest absolute Gasteiger partial charge is 0.494 e. The van der Waals surface area contributed by atoms with Crippen LogP contribution in [0.15, 0.2) is 65.5 Å². The molecule has 8 rings (SSSR count). The Balaban J connectivity index is 0.000000177. The van der Waals surface area contributed by atoms with E-state index >= 15 is 0 Å². The van der Waals surface area contributed by atoms with E-state index < -0.39 is 0 Å². The number of benzene rings is 2. The molecule has 0 radical (unpaired) electrons. The summed E-state index contributed by atoms with van der Waals surface area (Å²) in [5, 5.41) is 0. The summed E-state index contributed by atoms with van der Waals surface area (Å²) in [5.41, 5.74) is 2.85. The Kier molecular flexibility index (Phi) is 15.4. The van der Waals surface area contributed by atoms with Crippen molar-refractivity contribution in [1.82, 2.24) is 24.6 Å². The van der Waals surface area contributed by atoms with Crippen molar-refractivity contribution in [2.75, 3.05) is 98.4 Å². The number of rotatable bonds is 15. The van der Waals surface area contributed by atoms with Crippen LogP contribution in [0.5, 0.6) is 11.5 Å². The Hall–Kier alpha value is -3.44. The Morgan fingerprint density at radius 1 is 0.649 bits per heavy atom. The van der Waals surface area contributed by atoms with Crippen LogP contribution >= 0.6 is 0 Å². The molecule has 57 heavy (non-hydrogen) atoms. The van der Waals surface area contributed by atoms with Crippen LogP contribution in [0.3, 0.4) is 0 Å². The molecule has 1 aromatic heterocycles. The molecule has 10 heteroatoms. The lowest BCUT2D eigenvalue weighted by Gasteiger charge is -2.44. The summed E-state index contributed by atoms with van der Waals surface area (Å²) in [6.45, 7) is 17.0. The van der Waals surface area contributed by atoms with Gasteiger partial charge in [0.05, 0.1) is 24.8 Å². The third kappa shape index (κ3) is 11.4. The van der Waals surface area contributed by atoms with E-state index in [-0.39, 0.29) is 16.7 Å². The smallest absolute Gasteiger partial charge is 0.219 e. The second kappa shape index (κ2) is 21.0. The SMILES string of the molecule is CC(=O)N1CCN(CC2(c3ccc(OCCCN4CCCC4)cc3)CCCCC2)CC1.c1ncc(C2(c3ccc(OCCCN4CCCC4)cc3)CCOCC2)o1. The molecule has 5 aliphatic rings. The summed E-state index contributed by atoms with van der Waals surface area (Å²) in [6.07, 6.45) is 19.3. The fourth-order valence-corrected chi connectivity index (χ4v) is 10.0. The van der Waals surface area contributed by atoms with E-state index in [1.54, 1.807) is 6.92 Å². The van der Waals surface area contributed by atoms with Crippen LogP contribution in [-0.2, 0) is 20.4 Å². The zero-order valence-corrected chi connectivity index (χ0v) is 34.8. The number of piperazine rings is 1. The number of hydrogen-bond acceptors (Lipinski definition) is 9. The Morgan fingerprint density at radius 3 is 1.70 bits per heavy atom. The molecule has 5 fully saturated rings. The van der Waals surface area contributed by atoms with Crippen molar-refractivity contribution in [1.29, 1.82) is 0 Å². The fourth-order valence-electron chi connectivity index (χ4n) is 10.0. The minimum atomic E-state index is -0.136. The minimum absolute atomic E-state index is 0.136. The maximum atomic E-state index is 11.7.